The number of nitro groups is 1. The lowest BCUT2D eigenvalue weighted by Gasteiger charge is -2.10. The fourth-order valence-corrected chi connectivity index (χ4v) is 2.29. The normalized spacial score (nSPS) is 10.3. The highest BCUT2D eigenvalue weighted by Gasteiger charge is 2.19. The Balaban J connectivity index is 2.08. The molecule has 0 saturated heterocycles. The second kappa shape index (κ2) is 7.83. The van der Waals surface area contributed by atoms with Gasteiger partial charge in [0.15, 0.2) is 6.61 Å². The Hall–Kier alpha value is -3.13. The SMILES string of the molecule is Cc1cc(NC(=O)COC(=O)c2cc(Cl)ccc2O)c([N+](=O)[O-])cc1C. The predicted octanol–water partition coefficient (Wildman–Crippen LogP) is 3.37. The second-order valence-corrected chi connectivity index (χ2v) is 5.93. The highest BCUT2D eigenvalue weighted by molar-refractivity contribution is 6.31. The molecule has 0 atom stereocenters. The Morgan fingerprint density at radius 3 is 2.54 bits per heavy atom. The van der Waals surface area contributed by atoms with Crippen molar-refractivity contribution in [3.63, 3.8) is 0 Å². The van der Waals surface area contributed by atoms with Gasteiger partial charge < -0.3 is 15.2 Å². The van der Waals surface area contributed by atoms with E-state index in [2.05, 4.69) is 5.32 Å². The number of benzene rings is 2. The van der Waals surface area contributed by atoms with Crippen LogP contribution in [0.1, 0.15) is 21.5 Å². The number of esters is 1. The summed E-state index contributed by atoms with van der Waals surface area (Å²) in [4.78, 5) is 34.4. The van der Waals surface area contributed by atoms with E-state index in [4.69, 9.17) is 16.3 Å². The van der Waals surface area contributed by atoms with Crippen LogP contribution in [0, 0.1) is 24.0 Å². The minimum Gasteiger partial charge on any atom is -0.507 e. The van der Waals surface area contributed by atoms with E-state index in [-0.39, 0.29) is 27.7 Å². The van der Waals surface area contributed by atoms with Crippen molar-refractivity contribution in [2.75, 3.05) is 11.9 Å². The average Bonchev–Trinajstić information content (AvgIpc) is 2.57. The molecular weight excluding hydrogens is 364 g/mol. The Kier molecular flexibility index (Phi) is 5.78. The molecule has 2 rings (SSSR count). The zero-order chi connectivity index (χ0) is 19.4. The number of amides is 1. The van der Waals surface area contributed by atoms with Gasteiger partial charge in [0.25, 0.3) is 11.6 Å². The third-order valence-corrected chi connectivity index (χ3v) is 3.83. The highest BCUT2D eigenvalue weighted by atomic mass is 35.5. The van der Waals surface area contributed by atoms with Crippen molar-refractivity contribution >= 4 is 34.9 Å². The number of nitrogens with zero attached hydrogens (tertiary/aromatic N) is 1. The first-order valence-corrected chi connectivity index (χ1v) is 7.78. The van der Waals surface area contributed by atoms with Gasteiger partial charge in [-0.25, -0.2) is 4.79 Å². The van der Waals surface area contributed by atoms with Crippen LogP contribution < -0.4 is 5.32 Å². The van der Waals surface area contributed by atoms with Crippen LogP contribution in [0.5, 0.6) is 5.75 Å². The number of phenolic OH excluding ortho intramolecular Hbond substituents is 1. The monoisotopic (exact) mass is 378 g/mol. The summed E-state index contributed by atoms with van der Waals surface area (Å²) in [5, 5.41) is 23.3. The van der Waals surface area contributed by atoms with Crippen molar-refractivity contribution in [3.8, 4) is 5.75 Å². The van der Waals surface area contributed by atoms with Gasteiger partial charge in [-0.15, -0.1) is 0 Å². The number of ether oxygens (including phenoxy) is 1. The maximum atomic E-state index is 12.0. The van der Waals surface area contributed by atoms with Gasteiger partial charge in [-0.1, -0.05) is 11.6 Å². The topological polar surface area (TPSA) is 119 Å². The Labute approximate surface area is 153 Å². The van der Waals surface area contributed by atoms with Gasteiger partial charge in [0.1, 0.15) is 17.0 Å². The van der Waals surface area contributed by atoms with Crippen LogP contribution in [-0.4, -0.2) is 28.5 Å². The number of anilines is 1. The third kappa shape index (κ3) is 4.48. The Bertz CT molecular complexity index is 897. The third-order valence-electron chi connectivity index (χ3n) is 3.60. The summed E-state index contributed by atoms with van der Waals surface area (Å²) >= 11 is 5.74. The summed E-state index contributed by atoms with van der Waals surface area (Å²) in [6, 6.07) is 6.62. The predicted molar refractivity (Wildman–Crippen MR) is 94.6 cm³/mol. The van der Waals surface area contributed by atoms with Crippen LogP contribution in [0.3, 0.4) is 0 Å². The van der Waals surface area contributed by atoms with Crippen molar-refractivity contribution in [2.24, 2.45) is 0 Å². The van der Waals surface area contributed by atoms with Crippen LogP contribution in [0.4, 0.5) is 11.4 Å². The minimum atomic E-state index is -0.949. The van der Waals surface area contributed by atoms with Gasteiger partial charge in [0.2, 0.25) is 0 Å². The zero-order valence-corrected chi connectivity index (χ0v) is 14.7. The van der Waals surface area contributed by atoms with Crippen LogP contribution >= 0.6 is 11.6 Å². The molecule has 0 aliphatic carbocycles. The number of carbonyl (C=O) groups is 2. The van der Waals surface area contributed by atoms with E-state index < -0.39 is 23.4 Å². The molecule has 2 N–H and O–H groups in total. The van der Waals surface area contributed by atoms with E-state index in [9.17, 15) is 24.8 Å². The number of aromatic hydroxyl groups is 1. The molecule has 26 heavy (non-hydrogen) atoms. The first kappa shape index (κ1) is 19.2. The first-order valence-electron chi connectivity index (χ1n) is 7.40. The lowest BCUT2D eigenvalue weighted by molar-refractivity contribution is -0.384. The van der Waals surface area contributed by atoms with Gasteiger partial charge in [-0.05, 0) is 49.2 Å². The van der Waals surface area contributed by atoms with Crippen molar-refractivity contribution in [2.45, 2.75) is 13.8 Å². The average molecular weight is 379 g/mol. The van der Waals surface area contributed by atoms with Crippen LogP contribution in [0.15, 0.2) is 30.3 Å². The second-order valence-electron chi connectivity index (χ2n) is 5.50. The van der Waals surface area contributed by atoms with E-state index in [0.717, 1.165) is 5.56 Å². The molecule has 0 heterocycles. The van der Waals surface area contributed by atoms with E-state index >= 15 is 0 Å². The molecule has 0 bridgehead atoms. The lowest BCUT2D eigenvalue weighted by Crippen LogP contribution is -2.21. The molecule has 2 aromatic carbocycles. The minimum absolute atomic E-state index is 0.00440. The maximum absolute atomic E-state index is 12.0. The molecule has 0 saturated carbocycles. The Morgan fingerprint density at radius 1 is 1.23 bits per heavy atom. The van der Waals surface area contributed by atoms with E-state index in [0.29, 0.717) is 5.56 Å². The Morgan fingerprint density at radius 2 is 1.88 bits per heavy atom. The number of hydrogen-bond acceptors (Lipinski definition) is 6. The van der Waals surface area contributed by atoms with Crippen LogP contribution in [-0.2, 0) is 9.53 Å². The number of nitrogens with one attached hydrogen (secondary N) is 1. The summed E-state index contributed by atoms with van der Waals surface area (Å²) in [7, 11) is 0. The molecule has 0 radical (unpaired) electrons. The number of nitro benzene ring substituents is 1. The number of halogens is 1. The number of rotatable bonds is 5. The fourth-order valence-electron chi connectivity index (χ4n) is 2.12. The molecule has 0 aromatic heterocycles. The number of carbonyl (C=O) groups excluding carboxylic acids is 2. The van der Waals surface area contributed by atoms with Crippen molar-refractivity contribution < 1.29 is 24.4 Å². The van der Waals surface area contributed by atoms with Crippen molar-refractivity contribution in [1.82, 2.24) is 0 Å². The van der Waals surface area contributed by atoms with Gasteiger partial charge in [0.05, 0.1) is 4.92 Å². The fraction of sp³-hybridized carbons (Fsp3) is 0.176. The smallest absolute Gasteiger partial charge is 0.342 e. The number of hydrogen-bond donors (Lipinski definition) is 2. The maximum Gasteiger partial charge on any atom is 0.342 e. The highest BCUT2D eigenvalue weighted by Crippen LogP contribution is 2.28. The molecule has 9 heteroatoms. The van der Waals surface area contributed by atoms with Crippen LogP contribution in [0.25, 0.3) is 0 Å². The zero-order valence-electron chi connectivity index (χ0n) is 13.9. The van der Waals surface area contributed by atoms with Crippen molar-refractivity contribution in [3.05, 3.63) is 62.2 Å². The van der Waals surface area contributed by atoms with E-state index in [1.807, 2.05) is 0 Å². The lowest BCUT2D eigenvalue weighted by atomic mass is 10.1. The van der Waals surface area contributed by atoms with Gasteiger partial charge >= 0.3 is 5.97 Å². The van der Waals surface area contributed by atoms with E-state index in [1.54, 1.807) is 13.8 Å². The molecule has 136 valence electrons. The van der Waals surface area contributed by atoms with Gasteiger partial charge in [-0.2, -0.15) is 0 Å². The summed E-state index contributed by atoms with van der Waals surface area (Å²) in [6.45, 7) is 2.78. The quantitative estimate of drug-likeness (QED) is 0.467. The molecule has 0 fully saturated rings. The molecule has 0 aliphatic rings. The van der Waals surface area contributed by atoms with Crippen LogP contribution in [0.2, 0.25) is 5.02 Å². The standard InChI is InChI=1S/C17H15ClN2O6/c1-9-5-13(14(20(24)25)6-10(9)2)19-16(22)8-26-17(23)12-7-11(18)3-4-15(12)21/h3-7,21H,8H2,1-2H3,(H,19,22). The summed E-state index contributed by atoms with van der Waals surface area (Å²) in [5.41, 5.74) is 1.01. The van der Waals surface area contributed by atoms with Gasteiger partial charge in [0, 0.05) is 11.1 Å². The van der Waals surface area contributed by atoms with E-state index in [1.165, 1.54) is 30.3 Å². The molecular formula is C17H15ClN2O6. The molecule has 0 aliphatic heterocycles. The summed E-state index contributed by atoms with van der Waals surface area (Å²) in [6.07, 6.45) is 0. The summed E-state index contributed by atoms with van der Waals surface area (Å²) < 4.78 is 4.81. The molecule has 0 spiro atoms. The first-order chi connectivity index (χ1) is 12.2. The number of aryl methyl sites for hydroxylation is 2. The largest absolute Gasteiger partial charge is 0.507 e. The molecule has 2 aromatic rings. The molecule has 0 unspecified atom stereocenters. The number of phenols is 1. The summed E-state index contributed by atoms with van der Waals surface area (Å²) in [5.74, 6) is -2.05. The molecule has 1 amide bonds. The van der Waals surface area contributed by atoms with Crippen molar-refractivity contribution in [1.29, 1.82) is 0 Å². The van der Waals surface area contributed by atoms with Gasteiger partial charge in [-0.3, -0.25) is 14.9 Å². The molecule has 8 nitrogen and oxygen atoms in total.